The molecule has 1 amide bonds. The minimum atomic E-state index is -0.141. The quantitative estimate of drug-likeness (QED) is 0.894. The Balaban J connectivity index is 1.74. The molecule has 4 heteroatoms. The predicted molar refractivity (Wildman–Crippen MR) is 77.6 cm³/mol. The van der Waals surface area contributed by atoms with Gasteiger partial charge in [0.15, 0.2) is 0 Å². The van der Waals surface area contributed by atoms with Crippen LogP contribution in [0.4, 0.5) is 0 Å². The smallest absolute Gasteiger partial charge is 0.233 e. The molecular formula is C16H22N2O2. The molecule has 2 heterocycles. The number of carbonyl (C=O) groups excluding carboxylic acids is 1. The van der Waals surface area contributed by atoms with Crippen LogP contribution in [0.2, 0.25) is 0 Å². The lowest BCUT2D eigenvalue weighted by Gasteiger charge is -2.37. The van der Waals surface area contributed by atoms with E-state index in [1.807, 2.05) is 29.2 Å². The summed E-state index contributed by atoms with van der Waals surface area (Å²) < 4.78 is 5.63. The highest BCUT2D eigenvalue weighted by molar-refractivity contribution is 5.85. The number of nitrogens with two attached hydrogens (primary N) is 1. The van der Waals surface area contributed by atoms with E-state index in [9.17, 15) is 4.79 Å². The number of para-hydroxylation sites is 1. The van der Waals surface area contributed by atoms with E-state index in [0.29, 0.717) is 12.5 Å². The third-order valence-electron chi connectivity index (χ3n) is 4.63. The molecule has 3 rings (SSSR count). The van der Waals surface area contributed by atoms with Crippen LogP contribution in [-0.4, -0.2) is 36.5 Å². The highest BCUT2D eigenvalue weighted by atomic mass is 16.5. The Morgan fingerprint density at radius 2 is 2.25 bits per heavy atom. The molecule has 2 aliphatic rings. The molecule has 4 nitrogen and oxygen atoms in total. The number of piperidine rings is 1. The van der Waals surface area contributed by atoms with Crippen molar-refractivity contribution in [2.24, 2.45) is 11.7 Å². The largest absolute Gasteiger partial charge is 0.492 e. The van der Waals surface area contributed by atoms with Gasteiger partial charge in [-0.3, -0.25) is 4.79 Å². The van der Waals surface area contributed by atoms with Crippen LogP contribution in [0, 0.1) is 5.92 Å². The fourth-order valence-electron chi connectivity index (χ4n) is 3.27. The lowest BCUT2D eigenvalue weighted by molar-refractivity contribution is -0.135. The maximum atomic E-state index is 12.7. The molecule has 0 radical (unpaired) electrons. The van der Waals surface area contributed by atoms with Crippen LogP contribution in [0.5, 0.6) is 5.75 Å². The fourth-order valence-corrected chi connectivity index (χ4v) is 3.27. The van der Waals surface area contributed by atoms with Gasteiger partial charge in [0.2, 0.25) is 5.91 Å². The van der Waals surface area contributed by atoms with Gasteiger partial charge in [-0.25, -0.2) is 0 Å². The molecule has 0 saturated carbocycles. The zero-order valence-electron chi connectivity index (χ0n) is 11.9. The molecule has 108 valence electrons. The van der Waals surface area contributed by atoms with Crippen molar-refractivity contribution in [3.05, 3.63) is 29.8 Å². The predicted octanol–water partition coefficient (Wildman–Crippen LogP) is 1.75. The van der Waals surface area contributed by atoms with Crippen molar-refractivity contribution in [2.45, 2.75) is 31.7 Å². The van der Waals surface area contributed by atoms with E-state index in [-0.39, 0.29) is 17.9 Å². The van der Waals surface area contributed by atoms with Crippen molar-refractivity contribution in [1.82, 2.24) is 4.90 Å². The Kier molecular flexibility index (Phi) is 3.66. The number of carbonyl (C=O) groups is 1. The highest BCUT2D eigenvalue weighted by Gasteiger charge is 2.36. The summed E-state index contributed by atoms with van der Waals surface area (Å²) in [5.74, 6) is 1.33. The van der Waals surface area contributed by atoms with Crippen LogP contribution in [-0.2, 0) is 4.79 Å². The summed E-state index contributed by atoms with van der Waals surface area (Å²) in [6.07, 6.45) is 1.93. The number of hydrogen-bond donors (Lipinski definition) is 1. The molecule has 1 fully saturated rings. The Morgan fingerprint density at radius 3 is 3.05 bits per heavy atom. The standard InChI is InChI=1S/C16H22N2O2/c1-2-11-9-18(8-7-14(11)17)16(19)13-10-20-15-6-4-3-5-12(13)15/h3-6,11,13-14H,2,7-10,17H2,1H3. The van der Waals surface area contributed by atoms with Crippen LogP contribution >= 0.6 is 0 Å². The van der Waals surface area contributed by atoms with Gasteiger partial charge in [0.25, 0.3) is 0 Å². The first-order valence-corrected chi connectivity index (χ1v) is 7.46. The van der Waals surface area contributed by atoms with Crippen molar-refractivity contribution >= 4 is 5.91 Å². The van der Waals surface area contributed by atoms with Crippen LogP contribution in [0.15, 0.2) is 24.3 Å². The van der Waals surface area contributed by atoms with E-state index < -0.39 is 0 Å². The zero-order valence-corrected chi connectivity index (χ0v) is 11.9. The van der Waals surface area contributed by atoms with Gasteiger partial charge in [-0.1, -0.05) is 31.5 Å². The monoisotopic (exact) mass is 274 g/mol. The molecule has 0 aliphatic carbocycles. The van der Waals surface area contributed by atoms with Gasteiger partial charge in [0.05, 0.1) is 0 Å². The normalized spacial score (nSPS) is 28.9. The summed E-state index contributed by atoms with van der Waals surface area (Å²) in [7, 11) is 0. The maximum absolute atomic E-state index is 12.7. The maximum Gasteiger partial charge on any atom is 0.233 e. The van der Waals surface area contributed by atoms with Gasteiger partial charge < -0.3 is 15.4 Å². The second-order valence-corrected chi connectivity index (χ2v) is 5.81. The number of fused-ring (bicyclic) bond motifs is 1. The second kappa shape index (κ2) is 5.44. The molecule has 20 heavy (non-hydrogen) atoms. The number of nitrogens with zero attached hydrogens (tertiary/aromatic N) is 1. The summed E-state index contributed by atoms with van der Waals surface area (Å²) in [4.78, 5) is 14.7. The lowest BCUT2D eigenvalue weighted by atomic mass is 9.89. The third kappa shape index (κ3) is 2.29. The van der Waals surface area contributed by atoms with E-state index in [4.69, 9.17) is 10.5 Å². The molecule has 0 bridgehead atoms. The van der Waals surface area contributed by atoms with Crippen LogP contribution in [0.25, 0.3) is 0 Å². The number of ether oxygens (including phenoxy) is 1. The van der Waals surface area contributed by atoms with E-state index in [2.05, 4.69) is 6.92 Å². The van der Waals surface area contributed by atoms with Crippen molar-refractivity contribution in [3.63, 3.8) is 0 Å². The van der Waals surface area contributed by atoms with Crippen molar-refractivity contribution in [3.8, 4) is 5.75 Å². The van der Waals surface area contributed by atoms with E-state index in [1.54, 1.807) is 0 Å². The fraction of sp³-hybridized carbons (Fsp3) is 0.562. The van der Waals surface area contributed by atoms with Gasteiger partial charge in [0.1, 0.15) is 18.3 Å². The average molecular weight is 274 g/mol. The Hall–Kier alpha value is -1.55. The summed E-state index contributed by atoms with van der Waals surface area (Å²) >= 11 is 0. The molecule has 1 aromatic carbocycles. The second-order valence-electron chi connectivity index (χ2n) is 5.81. The Labute approximate surface area is 119 Å². The molecule has 1 saturated heterocycles. The van der Waals surface area contributed by atoms with Gasteiger partial charge >= 0.3 is 0 Å². The third-order valence-corrected chi connectivity index (χ3v) is 4.63. The van der Waals surface area contributed by atoms with Crippen LogP contribution in [0.1, 0.15) is 31.2 Å². The topological polar surface area (TPSA) is 55.6 Å². The van der Waals surface area contributed by atoms with E-state index >= 15 is 0 Å². The lowest BCUT2D eigenvalue weighted by Crippen LogP contribution is -2.50. The number of amides is 1. The molecule has 3 unspecified atom stereocenters. The van der Waals surface area contributed by atoms with Crippen LogP contribution < -0.4 is 10.5 Å². The van der Waals surface area contributed by atoms with Crippen molar-refractivity contribution in [1.29, 1.82) is 0 Å². The molecule has 0 spiro atoms. The molecule has 2 aliphatic heterocycles. The summed E-state index contributed by atoms with van der Waals surface area (Å²) in [6, 6.07) is 8.07. The minimum absolute atomic E-state index is 0.141. The Morgan fingerprint density at radius 1 is 1.45 bits per heavy atom. The average Bonchev–Trinajstić information content (AvgIpc) is 2.91. The number of rotatable bonds is 2. The first kappa shape index (κ1) is 13.4. The van der Waals surface area contributed by atoms with E-state index in [0.717, 1.165) is 37.2 Å². The first-order chi connectivity index (χ1) is 9.70. The first-order valence-electron chi connectivity index (χ1n) is 7.46. The molecule has 0 aromatic heterocycles. The number of hydrogen-bond acceptors (Lipinski definition) is 3. The van der Waals surface area contributed by atoms with Crippen molar-refractivity contribution < 1.29 is 9.53 Å². The number of likely N-dealkylation sites (tertiary alicyclic amines) is 1. The zero-order chi connectivity index (χ0) is 14.1. The van der Waals surface area contributed by atoms with Crippen LogP contribution in [0.3, 0.4) is 0 Å². The van der Waals surface area contributed by atoms with Gasteiger partial charge in [0, 0.05) is 24.7 Å². The summed E-state index contributed by atoms with van der Waals surface area (Å²) in [5, 5.41) is 0. The SMILES string of the molecule is CCC1CN(C(=O)C2COc3ccccc32)CCC1N. The molecule has 1 aromatic rings. The number of benzene rings is 1. The van der Waals surface area contributed by atoms with Gasteiger partial charge in [-0.05, 0) is 18.4 Å². The summed E-state index contributed by atoms with van der Waals surface area (Å²) in [6.45, 7) is 4.17. The summed E-state index contributed by atoms with van der Waals surface area (Å²) in [5.41, 5.74) is 7.15. The molecule has 2 N–H and O–H groups in total. The Bertz CT molecular complexity index is 503. The molecular weight excluding hydrogens is 252 g/mol. The minimum Gasteiger partial charge on any atom is -0.492 e. The van der Waals surface area contributed by atoms with E-state index in [1.165, 1.54) is 0 Å². The van der Waals surface area contributed by atoms with Gasteiger partial charge in [-0.15, -0.1) is 0 Å². The van der Waals surface area contributed by atoms with Crippen molar-refractivity contribution in [2.75, 3.05) is 19.7 Å². The molecule has 3 atom stereocenters. The highest BCUT2D eigenvalue weighted by Crippen LogP contribution is 2.35. The van der Waals surface area contributed by atoms with Gasteiger partial charge in [-0.2, -0.15) is 0 Å².